The lowest BCUT2D eigenvalue weighted by molar-refractivity contribution is 0.415. The number of fused-ring (bicyclic) bond motifs is 1. The summed E-state index contributed by atoms with van der Waals surface area (Å²) in [7, 11) is 1.70. The van der Waals surface area contributed by atoms with E-state index in [-0.39, 0.29) is 0 Å². The molecule has 0 saturated carbocycles. The molecule has 0 aliphatic rings. The van der Waals surface area contributed by atoms with Gasteiger partial charge < -0.3 is 20.4 Å². The minimum Gasteiger partial charge on any atom is -0.497 e. The Bertz CT molecular complexity index is 962. The lowest BCUT2D eigenvalue weighted by Crippen LogP contribution is -2.30. The fourth-order valence-electron chi connectivity index (χ4n) is 3.47. The van der Waals surface area contributed by atoms with Gasteiger partial charge in [0, 0.05) is 28.8 Å². The number of hydrogen-bond donors (Lipinski definition) is 3. The summed E-state index contributed by atoms with van der Waals surface area (Å²) < 4.78 is 5.37. The number of nitrogens with one attached hydrogen (secondary N) is 3. The van der Waals surface area contributed by atoms with Crippen molar-refractivity contribution in [3.8, 4) is 5.75 Å². The highest BCUT2D eigenvalue weighted by atomic mass is 32.1. The SMILES string of the molecule is CCc1cccc(C)c1NC(=S)NCCc1c(C)[nH]c2ccc(OC)cc12. The molecule has 27 heavy (non-hydrogen) atoms. The van der Waals surface area contributed by atoms with Crippen LogP contribution in [0.4, 0.5) is 5.69 Å². The van der Waals surface area contributed by atoms with E-state index in [0.717, 1.165) is 36.3 Å². The summed E-state index contributed by atoms with van der Waals surface area (Å²) in [5.74, 6) is 0.875. The number of aromatic amines is 1. The molecule has 2 aromatic carbocycles. The number of H-pyrrole nitrogens is 1. The molecule has 0 spiro atoms. The number of methoxy groups -OCH3 is 1. The first kappa shape index (κ1) is 19.2. The topological polar surface area (TPSA) is 49.1 Å². The van der Waals surface area contributed by atoms with Crippen LogP contribution in [0.2, 0.25) is 0 Å². The predicted octanol–water partition coefficient (Wildman–Crippen LogP) is 4.88. The van der Waals surface area contributed by atoms with Crippen LogP contribution in [0.5, 0.6) is 5.75 Å². The lowest BCUT2D eigenvalue weighted by atomic mass is 10.1. The van der Waals surface area contributed by atoms with Gasteiger partial charge in [-0.15, -0.1) is 0 Å². The van der Waals surface area contributed by atoms with Crippen LogP contribution in [0.3, 0.4) is 0 Å². The van der Waals surface area contributed by atoms with E-state index in [2.05, 4.69) is 66.7 Å². The third kappa shape index (κ3) is 4.25. The quantitative estimate of drug-likeness (QED) is 0.532. The van der Waals surface area contributed by atoms with Gasteiger partial charge >= 0.3 is 0 Å². The van der Waals surface area contributed by atoms with Gasteiger partial charge in [-0.25, -0.2) is 0 Å². The molecule has 1 aromatic heterocycles. The molecular weight excluding hydrogens is 354 g/mol. The van der Waals surface area contributed by atoms with E-state index >= 15 is 0 Å². The minimum atomic E-state index is 0.661. The number of aromatic nitrogens is 1. The third-order valence-electron chi connectivity index (χ3n) is 4.97. The van der Waals surface area contributed by atoms with Crippen LogP contribution < -0.4 is 15.4 Å². The number of aryl methyl sites for hydroxylation is 3. The van der Waals surface area contributed by atoms with Gasteiger partial charge in [-0.05, 0) is 73.8 Å². The van der Waals surface area contributed by atoms with Crippen LogP contribution in [0.1, 0.15) is 29.3 Å². The molecule has 0 fully saturated rings. The van der Waals surface area contributed by atoms with E-state index in [4.69, 9.17) is 17.0 Å². The number of rotatable bonds is 6. The van der Waals surface area contributed by atoms with E-state index in [1.807, 2.05) is 6.07 Å². The van der Waals surface area contributed by atoms with Crippen molar-refractivity contribution in [3.05, 3.63) is 58.8 Å². The largest absolute Gasteiger partial charge is 0.497 e. The van der Waals surface area contributed by atoms with Crippen LogP contribution in [0, 0.1) is 13.8 Å². The molecule has 0 radical (unpaired) electrons. The standard InChI is InChI=1S/C22H27N3OS/c1-5-16-8-6-7-14(2)21(16)25-22(27)23-12-11-18-15(3)24-20-10-9-17(26-4)13-19(18)20/h6-10,13,24H,5,11-12H2,1-4H3,(H2,23,25,27). The summed E-state index contributed by atoms with van der Waals surface area (Å²) in [6.45, 7) is 7.14. The van der Waals surface area contributed by atoms with Gasteiger partial charge in [-0.2, -0.15) is 0 Å². The number of ether oxygens (including phenoxy) is 1. The van der Waals surface area contributed by atoms with E-state index < -0.39 is 0 Å². The van der Waals surface area contributed by atoms with Gasteiger partial charge in [0.25, 0.3) is 0 Å². The van der Waals surface area contributed by atoms with Crippen LogP contribution in [0.15, 0.2) is 36.4 Å². The normalized spacial score (nSPS) is 10.8. The summed E-state index contributed by atoms with van der Waals surface area (Å²) in [4.78, 5) is 3.45. The summed E-state index contributed by atoms with van der Waals surface area (Å²) >= 11 is 5.52. The number of benzene rings is 2. The van der Waals surface area contributed by atoms with Crippen molar-refractivity contribution in [3.63, 3.8) is 0 Å². The maximum atomic E-state index is 5.52. The van der Waals surface area contributed by atoms with Gasteiger partial charge in [0.15, 0.2) is 5.11 Å². The minimum absolute atomic E-state index is 0.661. The van der Waals surface area contributed by atoms with Crippen LogP contribution in [-0.4, -0.2) is 23.8 Å². The Kier molecular flexibility index (Phi) is 6.01. The molecule has 0 atom stereocenters. The second-order valence-electron chi connectivity index (χ2n) is 6.73. The van der Waals surface area contributed by atoms with Gasteiger partial charge in [0.1, 0.15) is 5.75 Å². The molecule has 0 bridgehead atoms. The highest BCUT2D eigenvalue weighted by Gasteiger charge is 2.10. The highest BCUT2D eigenvalue weighted by molar-refractivity contribution is 7.80. The summed E-state index contributed by atoms with van der Waals surface area (Å²) in [5.41, 5.74) is 7.22. The Balaban J connectivity index is 1.66. The predicted molar refractivity (Wildman–Crippen MR) is 118 cm³/mol. The molecule has 0 unspecified atom stereocenters. The summed E-state index contributed by atoms with van der Waals surface area (Å²) in [5, 5.41) is 8.59. The number of hydrogen-bond acceptors (Lipinski definition) is 2. The van der Waals surface area contributed by atoms with E-state index in [1.165, 1.54) is 27.8 Å². The van der Waals surface area contributed by atoms with Crippen molar-refractivity contribution in [1.82, 2.24) is 10.3 Å². The average Bonchev–Trinajstić information content (AvgIpc) is 2.98. The zero-order valence-electron chi connectivity index (χ0n) is 16.4. The first-order valence-corrected chi connectivity index (χ1v) is 9.72. The van der Waals surface area contributed by atoms with Crippen molar-refractivity contribution in [2.24, 2.45) is 0 Å². The van der Waals surface area contributed by atoms with Crippen molar-refractivity contribution in [2.75, 3.05) is 19.0 Å². The average molecular weight is 382 g/mol. The molecule has 0 aliphatic heterocycles. The molecule has 0 aliphatic carbocycles. The highest BCUT2D eigenvalue weighted by Crippen LogP contribution is 2.26. The zero-order valence-corrected chi connectivity index (χ0v) is 17.2. The zero-order chi connectivity index (χ0) is 19.4. The molecule has 3 N–H and O–H groups in total. The Morgan fingerprint density at radius 2 is 2.00 bits per heavy atom. The number of thiocarbonyl (C=S) groups is 1. The Morgan fingerprint density at radius 1 is 1.19 bits per heavy atom. The van der Waals surface area contributed by atoms with E-state index in [9.17, 15) is 0 Å². The first-order valence-electron chi connectivity index (χ1n) is 9.32. The fraction of sp³-hybridized carbons (Fsp3) is 0.318. The van der Waals surface area contributed by atoms with Gasteiger partial charge in [-0.1, -0.05) is 25.1 Å². The molecule has 1 heterocycles. The fourth-order valence-corrected chi connectivity index (χ4v) is 3.68. The van der Waals surface area contributed by atoms with Crippen LogP contribution in [0.25, 0.3) is 10.9 Å². The number of para-hydroxylation sites is 1. The molecule has 5 heteroatoms. The van der Waals surface area contributed by atoms with Gasteiger partial charge in [0.05, 0.1) is 7.11 Å². The second kappa shape index (κ2) is 8.44. The molecule has 3 aromatic rings. The molecule has 0 saturated heterocycles. The monoisotopic (exact) mass is 381 g/mol. The third-order valence-corrected chi connectivity index (χ3v) is 5.21. The summed E-state index contributed by atoms with van der Waals surface area (Å²) in [6, 6.07) is 12.5. The van der Waals surface area contributed by atoms with Crippen molar-refractivity contribution >= 4 is 33.9 Å². The maximum absolute atomic E-state index is 5.52. The van der Waals surface area contributed by atoms with Crippen molar-refractivity contribution < 1.29 is 4.74 Å². The van der Waals surface area contributed by atoms with Crippen LogP contribution >= 0.6 is 12.2 Å². The first-order chi connectivity index (χ1) is 13.0. The maximum Gasteiger partial charge on any atom is 0.170 e. The second-order valence-corrected chi connectivity index (χ2v) is 7.14. The Labute approximate surface area is 166 Å². The summed E-state index contributed by atoms with van der Waals surface area (Å²) in [6.07, 6.45) is 1.86. The molecular formula is C22H27N3OS. The smallest absolute Gasteiger partial charge is 0.170 e. The van der Waals surface area contributed by atoms with Gasteiger partial charge in [0.2, 0.25) is 0 Å². The molecule has 0 amide bonds. The lowest BCUT2D eigenvalue weighted by Gasteiger charge is -2.16. The Morgan fingerprint density at radius 3 is 2.74 bits per heavy atom. The molecule has 4 nitrogen and oxygen atoms in total. The van der Waals surface area contributed by atoms with Crippen LogP contribution in [-0.2, 0) is 12.8 Å². The van der Waals surface area contributed by atoms with Crippen molar-refractivity contribution in [2.45, 2.75) is 33.6 Å². The van der Waals surface area contributed by atoms with Gasteiger partial charge in [-0.3, -0.25) is 0 Å². The molecule has 142 valence electrons. The Hall–Kier alpha value is -2.53. The van der Waals surface area contributed by atoms with E-state index in [0.29, 0.717) is 5.11 Å². The molecule has 3 rings (SSSR count). The van der Waals surface area contributed by atoms with Crippen molar-refractivity contribution in [1.29, 1.82) is 0 Å². The number of anilines is 1. The van der Waals surface area contributed by atoms with E-state index in [1.54, 1.807) is 7.11 Å².